The van der Waals surface area contributed by atoms with Gasteiger partial charge in [0, 0.05) is 72.0 Å². The molecule has 8 rings (SSSR count). The molecule has 4 aromatic carbocycles. The summed E-state index contributed by atoms with van der Waals surface area (Å²) in [5.74, 6) is 6.37. The van der Waals surface area contributed by atoms with Crippen LogP contribution in [0.3, 0.4) is 0 Å². The van der Waals surface area contributed by atoms with Crippen LogP contribution in [0.4, 0.5) is 0 Å². The maximum atomic E-state index is 6.61. The smallest absolute Gasteiger partial charge is 0.234 e. The van der Waals surface area contributed by atoms with Crippen LogP contribution in [0.15, 0.2) is 122 Å². The molecule has 0 amide bonds. The van der Waals surface area contributed by atoms with Crippen LogP contribution < -0.4 is 18.9 Å². The lowest BCUT2D eigenvalue weighted by Crippen LogP contribution is -2.02. The number of hydrogen-bond acceptors (Lipinski definition) is 8. The van der Waals surface area contributed by atoms with Crippen LogP contribution in [0.1, 0.15) is 87.1 Å². The molecule has 4 heterocycles. The fourth-order valence-corrected chi connectivity index (χ4v) is 6.80. The van der Waals surface area contributed by atoms with Crippen molar-refractivity contribution in [1.29, 1.82) is 0 Å². The Bertz CT molecular complexity index is 2590. The van der Waals surface area contributed by atoms with Gasteiger partial charge >= 0.3 is 0 Å². The van der Waals surface area contributed by atoms with Gasteiger partial charge < -0.3 is 18.9 Å². The molecule has 0 radical (unpaired) electrons. The lowest BCUT2D eigenvalue weighted by Gasteiger charge is -2.14. The highest BCUT2D eigenvalue weighted by Gasteiger charge is 2.18. The van der Waals surface area contributed by atoms with E-state index in [0.717, 1.165) is 49.6 Å². The Morgan fingerprint density at radius 1 is 0.414 bits per heavy atom. The summed E-state index contributed by atoms with van der Waals surface area (Å²) in [6.07, 6.45) is 7.29. The summed E-state index contributed by atoms with van der Waals surface area (Å²) in [6.45, 7) is 16.9. The summed E-state index contributed by atoms with van der Waals surface area (Å²) in [7, 11) is 0. The minimum atomic E-state index is 0.251. The van der Waals surface area contributed by atoms with Gasteiger partial charge in [0.1, 0.15) is 34.5 Å². The Balaban J connectivity index is 1.19. The van der Waals surface area contributed by atoms with E-state index in [0.29, 0.717) is 58.1 Å². The first-order valence-electron chi connectivity index (χ1n) is 19.7. The fraction of sp³-hybridized carbons (Fsp3) is 0.224. The summed E-state index contributed by atoms with van der Waals surface area (Å²) in [5, 5.41) is 2.05. The maximum absolute atomic E-state index is 6.61. The Morgan fingerprint density at radius 3 is 1.22 bits per heavy atom. The number of nitrogens with zero attached hydrogens (tertiary/aromatic N) is 5. The fourth-order valence-electron chi connectivity index (χ4n) is 6.80. The van der Waals surface area contributed by atoms with E-state index in [1.165, 1.54) is 0 Å². The van der Waals surface area contributed by atoms with Gasteiger partial charge in [0.25, 0.3) is 0 Å². The molecule has 0 aliphatic rings. The molecule has 0 saturated carbocycles. The van der Waals surface area contributed by atoms with Crippen molar-refractivity contribution in [2.45, 2.75) is 73.1 Å². The van der Waals surface area contributed by atoms with E-state index in [1.54, 1.807) is 12.4 Å². The van der Waals surface area contributed by atoms with Crippen molar-refractivity contribution < 1.29 is 18.9 Å². The molecule has 58 heavy (non-hydrogen) atoms. The molecular weight excluding hydrogens is 723 g/mol. The molecule has 4 aromatic heterocycles. The first-order valence-corrected chi connectivity index (χ1v) is 19.7. The average molecular weight is 770 g/mol. The van der Waals surface area contributed by atoms with Crippen molar-refractivity contribution in [3.63, 3.8) is 0 Å². The van der Waals surface area contributed by atoms with Crippen molar-refractivity contribution >= 4 is 21.8 Å². The molecule has 0 saturated heterocycles. The number of aryl methyl sites for hydroxylation is 2. The van der Waals surface area contributed by atoms with E-state index in [-0.39, 0.29) is 11.8 Å². The zero-order chi connectivity index (χ0) is 40.5. The Hall–Kier alpha value is -6.74. The summed E-state index contributed by atoms with van der Waals surface area (Å²) in [5.41, 5.74) is 7.17. The van der Waals surface area contributed by atoms with Gasteiger partial charge in [-0.25, -0.2) is 19.9 Å². The molecular formula is C49H47N5O4. The van der Waals surface area contributed by atoms with Crippen LogP contribution in [0, 0.1) is 13.8 Å². The van der Waals surface area contributed by atoms with Gasteiger partial charge in [-0.3, -0.25) is 4.57 Å². The van der Waals surface area contributed by atoms with Crippen molar-refractivity contribution in [3.8, 4) is 52.2 Å². The second kappa shape index (κ2) is 16.0. The third kappa shape index (κ3) is 8.34. The third-order valence-electron chi connectivity index (χ3n) is 10.1. The zero-order valence-electron chi connectivity index (χ0n) is 34.1. The molecule has 9 nitrogen and oxygen atoms in total. The van der Waals surface area contributed by atoms with Gasteiger partial charge in [-0.2, -0.15) is 0 Å². The lowest BCUT2D eigenvalue weighted by molar-refractivity contribution is 0.446. The number of aromatic nitrogens is 5. The van der Waals surface area contributed by atoms with Gasteiger partial charge in [0.15, 0.2) is 0 Å². The topological polar surface area (TPSA) is 93.4 Å². The van der Waals surface area contributed by atoms with Crippen molar-refractivity contribution in [3.05, 3.63) is 150 Å². The highest BCUT2D eigenvalue weighted by atomic mass is 16.5. The molecule has 292 valence electrons. The van der Waals surface area contributed by atoms with Gasteiger partial charge in [0.2, 0.25) is 17.7 Å². The predicted molar refractivity (Wildman–Crippen MR) is 230 cm³/mol. The average Bonchev–Trinajstić information content (AvgIpc) is 3.50. The standard InChI is InChI=1S/C49H47N5O4/c1-29(2)34-19-39(23-41(21-34)57-47-17-32(7)13-15-50-47)55-37-9-11-43-44-12-10-38(26-46(44)54(45(43)25-37)49-52-27-36(28-53-49)31(5)6)56-40-20-35(30(3)4)22-42(24-40)58-48-18-33(8)14-16-51-48/h9-31H,1-8H3. The van der Waals surface area contributed by atoms with Crippen molar-refractivity contribution in [2.24, 2.45) is 0 Å². The summed E-state index contributed by atoms with van der Waals surface area (Å²) in [4.78, 5) is 18.5. The molecule has 0 unspecified atom stereocenters. The third-order valence-corrected chi connectivity index (χ3v) is 10.1. The van der Waals surface area contributed by atoms with Gasteiger partial charge in [-0.1, -0.05) is 41.5 Å². The molecule has 0 aliphatic heterocycles. The van der Waals surface area contributed by atoms with Crippen LogP contribution >= 0.6 is 0 Å². The molecule has 0 spiro atoms. The van der Waals surface area contributed by atoms with Crippen LogP contribution in [0.5, 0.6) is 46.3 Å². The first kappa shape index (κ1) is 38.1. The van der Waals surface area contributed by atoms with E-state index < -0.39 is 0 Å². The molecule has 0 N–H and O–H groups in total. The number of hydrogen-bond donors (Lipinski definition) is 0. The number of ether oxygens (including phenoxy) is 4. The minimum absolute atomic E-state index is 0.251. The van der Waals surface area contributed by atoms with Gasteiger partial charge in [-0.15, -0.1) is 0 Å². The summed E-state index contributed by atoms with van der Waals surface area (Å²) < 4.78 is 27.7. The quantitative estimate of drug-likeness (QED) is 0.121. The molecule has 0 atom stereocenters. The molecule has 0 aliphatic carbocycles. The van der Waals surface area contributed by atoms with Crippen LogP contribution in [-0.2, 0) is 0 Å². The molecule has 9 heteroatoms. The normalized spacial score (nSPS) is 11.6. The van der Waals surface area contributed by atoms with E-state index >= 15 is 0 Å². The van der Waals surface area contributed by atoms with Crippen LogP contribution in [-0.4, -0.2) is 24.5 Å². The van der Waals surface area contributed by atoms with Gasteiger partial charge in [-0.05, 0) is 120 Å². The highest BCUT2D eigenvalue weighted by Crippen LogP contribution is 2.40. The Morgan fingerprint density at radius 2 is 0.828 bits per heavy atom. The lowest BCUT2D eigenvalue weighted by atomic mass is 10.0. The predicted octanol–water partition coefficient (Wildman–Crippen LogP) is 13.5. The SMILES string of the molecule is Cc1ccnc(Oc2cc(Oc3ccc4c5ccc(Oc6cc(Oc7cc(C)ccn7)cc(C(C)C)c6)cc5n(-c5ncc(C(C)C)cn5)c4c3)cc(C(C)C)c2)c1. The molecule has 0 bridgehead atoms. The Kier molecular flexibility index (Phi) is 10.5. The zero-order valence-corrected chi connectivity index (χ0v) is 34.1. The molecule has 8 aromatic rings. The van der Waals surface area contributed by atoms with Crippen molar-refractivity contribution in [1.82, 2.24) is 24.5 Å². The van der Waals surface area contributed by atoms with E-state index in [9.17, 15) is 0 Å². The minimum Gasteiger partial charge on any atom is -0.457 e. The summed E-state index contributed by atoms with van der Waals surface area (Å²) >= 11 is 0. The maximum Gasteiger partial charge on any atom is 0.234 e. The number of rotatable bonds is 12. The second-order valence-electron chi connectivity index (χ2n) is 15.7. The van der Waals surface area contributed by atoms with Gasteiger partial charge in [0.05, 0.1) is 11.0 Å². The summed E-state index contributed by atoms with van der Waals surface area (Å²) in [6, 6.07) is 31.9. The second-order valence-corrected chi connectivity index (χ2v) is 15.7. The first-order chi connectivity index (χ1) is 27.9. The van der Waals surface area contributed by atoms with E-state index in [1.807, 2.05) is 99.0 Å². The Labute approximate surface area is 339 Å². The number of pyridine rings is 2. The largest absolute Gasteiger partial charge is 0.457 e. The van der Waals surface area contributed by atoms with Crippen molar-refractivity contribution in [2.75, 3.05) is 0 Å². The highest BCUT2D eigenvalue weighted by molar-refractivity contribution is 6.09. The molecule has 0 fully saturated rings. The number of benzene rings is 4. The van der Waals surface area contributed by atoms with Crippen LogP contribution in [0.2, 0.25) is 0 Å². The van der Waals surface area contributed by atoms with Crippen LogP contribution in [0.25, 0.3) is 27.8 Å². The number of fused-ring (bicyclic) bond motifs is 3. The van der Waals surface area contributed by atoms with E-state index in [4.69, 9.17) is 28.9 Å². The monoisotopic (exact) mass is 769 g/mol. The van der Waals surface area contributed by atoms with E-state index in [2.05, 4.69) is 80.3 Å².